The molecule has 0 aliphatic carbocycles. The fourth-order valence-electron chi connectivity index (χ4n) is 3.71. The molecule has 2 aromatic heterocycles. The summed E-state index contributed by atoms with van der Waals surface area (Å²) in [6.45, 7) is 0. The first-order chi connectivity index (χ1) is 16.5. The number of imidazole rings is 1. The molecule has 0 aliphatic rings. The number of aryl methyl sites for hydroxylation is 1. The summed E-state index contributed by atoms with van der Waals surface area (Å²) in [5.74, 6) is 2.51. The molecular weight excluding hydrogens is 452 g/mol. The van der Waals surface area contributed by atoms with Crippen LogP contribution in [0.4, 0.5) is 0 Å². The van der Waals surface area contributed by atoms with Crippen molar-refractivity contribution in [2.75, 3.05) is 21.3 Å². The number of methoxy groups -OCH3 is 3. The minimum atomic E-state index is -0.465. The third-order valence-electron chi connectivity index (χ3n) is 5.40. The molecule has 1 amide bonds. The number of benzene rings is 2. The number of nitrogens with zero attached hydrogens (tertiary/aromatic N) is 3. The van der Waals surface area contributed by atoms with E-state index in [9.17, 15) is 4.79 Å². The van der Waals surface area contributed by atoms with Gasteiger partial charge in [0, 0.05) is 35.9 Å². The second-order valence-corrected chi connectivity index (χ2v) is 8.39. The standard InChI is InChI=1S/C25H26N4O4S/c1-29-12-11-26-24(29)23(18-7-5-6-8-19(18)31-2)28-22(30)14-17-15-34-25(27-17)16-9-10-20(32-3)21(13-16)33-4/h5-13,15,23H,14H2,1-4H3,(H,28,30). The number of thiazole rings is 1. The summed E-state index contributed by atoms with van der Waals surface area (Å²) in [6.07, 6.45) is 3.69. The van der Waals surface area contributed by atoms with Crippen LogP contribution in [-0.4, -0.2) is 41.8 Å². The highest BCUT2D eigenvalue weighted by molar-refractivity contribution is 7.13. The molecule has 2 heterocycles. The lowest BCUT2D eigenvalue weighted by Gasteiger charge is -2.21. The van der Waals surface area contributed by atoms with E-state index in [1.807, 2.05) is 65.7 Å². The highest BCUT2D eigenvalue weighted by Crippen LogP contribution is 2.34. The summed E-state index contributed by atoms with van der Waals surface area (Å²) in [4.78, 5) is 22.2. The van der Waals surface area contributed by atoms with Crippen molar-refractivity contribution < 1.29 is 19.0 Å². The molecule has 34 heavy (non-hydrogen) atoms. The zero-order chi connectivity index (χ0) is 24.1. The Hall–Kier alpha value is -3.85. The van der Waals surface area contributed by atoms with Gasteiger partial charge in [-0.3, -0.25) is 4.79 Å². The van der Waals surface area contributed by atoms with Gasteiger partial charge in [-0.05, 0) is 24.3 Å². The number of nitrogens with one attached hydrogen (secondary N) is 1. The number of rotatable bonds is 9. The van der Waals surface area contributed by atoms with E-state index in [0.29, 0.717) is 28.8 Å². The summed E-state index contributed by atoms with van der Waals surface area (Å²) >= 11 is 1.47. The highest BCUT2D eigenvalue weighted by atomic mass is 32.1. The van der Waals surface area contributed by atoms with Gasteiger partial charge in [-0.2, -0.15) is 0 Å². The van der Waals surface area contributed by atoms with Crippen LogP contribution >= 0.6 is 11.3 Å². The van der Waals surface area contributed by atoms with Crippen LogP contribution in [0.2, 0.25) is 0 Å². The zero-order valence-electron chi connectivity index (χ0n) is 19.4. The topological polar surface area (TPSA) is 87.5 Å². The average molecular weight is 479 g/mol. The van der Waals surface area contributed by atoms with Gasteiger partial charge in [0.2, 0.25) is 5.91 Å². The Bertz CT molecular complexity index is 1280. The quantitative estimate of drug-likeness (QED) is 0.391. The molecule has 0 aliphatic heterocycles. The SMILES string of the molecule is COc1ccc(-c2nc(CC(=O)NC(c3ccccc3OC)c3nccn3C)cs2)cc1OC. The maximum Gasteiger partial charge on any atom is 0.226 e. The second-order valence-electron chi connectivity index (χ2n) is 7.53. The molecule has 9 heteroatoms. The van der Waals surface area contributed by atoms with Gasteiger partial charge in [0.15, 0.2) is 11.5 Å². The van der Waals surface area contributed by atoms with Crippen molar-refractivity contribution in [1.82, 2.24) is 19.9 Å². The van der Waals surface area contributed by atoms with E-state index in [1.165, 1.54) is 11.3 Å². The Balaban J connectivity index is 1.54. The number of carbonyl (C=O) groups is 1. The number of aromatic nitrogens is 3. The smallest absolute Gasteiger partial charge is 0.226 e. The van der Waals surface area contributed by atoms with E-state index in [1.54, 1.807) is 27.5 Å². The Morgan fingerprint density at radius 2 is 1.82 bits per heavy atom. The molecular formula is C25H26N4O4S. The second kappa shape index (κ2) is 10.4. The fourth-order valence-corrected chi connectivity index (χ4v) is 4.52. The van der Waals surface area contributed by atoms with Crippen molar-refractivity contribution in [2.24, 2.45) is 7.05 Å². The predicted octanol–water partition coefficient (Wildman–Crippen LogP) is 4.02. The number of hydrogen-bond acceptors (Lipinski definition) is 7. The van der Waals surface area contributed by atoms with E-state index in [-0.39, 0.29) is 12.3 Å². The number of ether oxygens (including phenoxy) is 3. The average Bonchev–Trinajstić information content (AvgIpc) is 3.51. The normalized spacial score (nSPS) is 11.6. The maximum absolute atomic E-state index is 13.1. The van der Waals surface area contributed by atoms with Gasteiger partial charge >= 0.3 is 0 Å². The fraction of sp³-hybridized carbons (Fsp3) is 0.240. The summed E-state index contributed by atoms with van der Waals surface area (Å²) in [7, 11) is 6.70. The van der Waals surface area contributed by atoms with Gasteiger partial charge < -0.3 is 24.1 Å². The molecule has 0 saturated carbocycles. The summed E-state index contributed by atoms with van der Waals surface area (Å²) in [5, 5.41) is 5.80. The number of amides is 1. The van der Waals surface area contributed by atoms with Crippen molar-refractivity contribution in [3.63, 3.8) is 0 Å². The maximum atomic E-state index is 13.1. The van der Waals surface area contributed by atoms with Crippen molar-refractivity contribution in [2.45, 2.75) is 12.5 Å². The minimum absolute atomic E-state index is 0.139. The molecule has 4 aromatic rings. The van der Waals surface area contributed by atoms with Gasteiger partial charge in [0.1, 0.15) is 22.6 Å². The molecule has 0 bridgehead atoms. The molecule has 1 unspecified atom stereocenters. The van der Waals surface area contributed by atoms with Crippen molar-refractivity contribution >= 4 is 17.2 Å². The minimum Gasteiger partial charge on any atom is -0.496 e. The predicted molar refractivity (Wildman–Crippen MR) is 131 cm³/mol. The highest BCUT2D eigenvalue weighted by Gasteiger charge is 2.24. The van der Waals surface area contributed by atoms with Gasteiger partial charge in [-0.25, -0.2) is 9.97 Å². The van der Waals surface area contributed by atoms with Crippen LogP contribution in [0.15, 0.2) is 60.2 Å². The lowest BCUT2D eigenvalue weighted by Crippen LogP contribution is -2.32. The van der Waals surface area contributed by atoms with Crippen LogP contribution in [0.1, 0.15) is 23.1 Å². The van der Waals surface area contributed by atoms with E-state index in [0.717, 1.165) is 16.1 Å². The van der Waals surface area contributed by atoms with Gasteiger partial charge in [-0.15, -0.1) is 11.3 Å². The first kappa shape index (κ1) is 23.3. The molecule has 4 rings (SSSR count). The Kier molecular flexibility index (Phi) is 7.12. The summed E-state index contributed by atoms with van der Waals surface area (Å²) in [5.41, 5.74) is 2.41. The Labute approximate surface area is 202 Å². The van der Waals surface area contributed by atoms with Crippen LogP contribution in [0.3, 0.4) is 0 Å². The lowest BCUT2D eigenvalue weighted by molar-refractivity contribution is -0.121. The summed E-state index contributed by atoms with van der Waals surface area (Å²) in [6, 6.07) is 12.8. The third kappa shape index (κ3) is 4.89. The van der Waals surface area contributed by atoms with Crippen molar-refractivity contribution in [3.05, 3.63) is 77.3 Å². The zero-order valence-corrected chi connectivity index (χ0v) is 20.3. The molecule has 1 N–H and O–H groups in total. The van der Waals surface area contributed by atoms with Crippen LogP contribution in [0.25, 0.3) is 10.6 Å². The van der Waals surface area contributed by atoms with E-state index < -0.39 is 6.04 Å². The first-order valence-electron chi connectivity index (χ1n) is 10.6. The molecule has 0 radical (unpaired) electrons. The molecule has 8 nitrogen and oxygen atoms in total. The Morgan fingerprint density at radius 1 is 1.06 bits per heavy atom. The largest absolute Gasteiger partial charge is 0.496 e. The number of carbonyl (C=O) groups excluding carboxylic acids is 1. The van der Waals surface area contributed by atoms with Crippen LogP contribution in [0, 0.1) is 0 Å². The van der Waals surface area contributed by atoms with E-state index in [2.05, 4.69) is 15.3 Å². The molecule has 0 saturated heterocycles. The van der Waals surface area contributed by atoms with E-state index in [4.69, 9.17) is 14.2 Å². The van der Waals surface area contributed by atoms with Crippen molar-refractivity contribution in [3.8, 4) is 27.8 Å². The van der Waals surface area contributed by atoms with Crippen LogP contribution in [0.5, 0.6) is 17.2 Å². The number of hydrogen-bond donors (Lipinski definition) is 1. The molecule has 2 aromatic carbocycles. The molecule has 176 valence electrons. The van der Waals surface area contributed by atoms with Gasteiger partial charge in [0.25, 0.3) is 0 Å². The molecule has 1 atom stereocenters. The number of para-hydroxylation sites is 1. The van der Waals surface area contributed by atoms with Gasteiger partial charge in [0.05, 0.1) is 33.4 Å². The van der Waals surface area contributed by atoms with E-state index >= 15 is 0 Å². The van der Waals surface area contributed by atoms with Gasteiger partial charge in [-0.1, -0.05) is 18.2 Å². The molecule has 0 fully saturated rings. The van der Waals surface area contributed by atoms with Crippen LogP contribution < -0.4 is 19.5 Å². The Morgan fingerprint density at radius 3 is 2.53 bits per heavy atom. The lowest BCUT2D eigenvalue weighted by atomic mass is 10.0. The van der Waals surface area contributed by atoms with Crippen molar-refractivity contribution in [1.29, 1.82) is 0 Å². The third-order valence-corrected chi connectivity index (χ3v) is 6.34. The molecule has 0 spiro atoms. The first-order valence-corrected chi connectivity index (χ1v) is 11.5. The summed E-state index contributed by atoms with van der Waals surface area (Å²) < 4.78 is 18.1. The monoisotopic (exact) mass is 478 g/mol. The van der Waals surface area contributed by atoms with Crippen LogP contribution in [-0.2, 0) is 18.3 Å².